The fraction of sp³-hybridized carbons (Fsp3) is 0.333. The van der Waals surface area contributed by atoms with Crippen LogP contribution in [0, 0.1) is 11.7 Å². The first-order valence-electron chi connectivity index (χ1n) is 6.01. The van der Waals surface area contributed by atoms with Crippen molar-refractivity contribution in [1.82, 2.24) is 10.9 Å². The zero-order chi connectivity index (χ0) is 14.5. The molecule has 2 heterocycles. The molecule has 0 radical (unpaired) electrons. The Hall–Kier alpha value is -0.930. The van der Waals surface area contributed by atoms with Crippen LogP contribution < -0.4 is 16.6 Å². The van der Waals surface area contributed by atoms with E-state index in [1.54, 1.807) is 12.1 Å². The Morgan fingerprint density at radius 3 is 2.75 bits per heavy atom. The highest BCUT2D eigenvalue weighted by molar-refractivity contribution is 8.19. The van der Waals surface area contributed by atoms with Gasteiger partial charge in [-0.2, -0.15) is 0 Å². The molecule has 0 aromatic heterocycles. The van der Waals surface area contributed by atoms with Gasteiger partial charge in [0.05, 0.1) is 11.5 Å². The van der Waals surface area contributed by atoms with Gasteiger partial charge in [0.1, 0.15) is 10.1 Å². The van der Waals surface area contributed by atoms with E-state index in [4.69, 9.17) is 5.73 Å². The van der Waals surface area contributed by atoms with E-state index in [-0.39, 0.29) is 15.5 Å². The van der Waals surface area contributed by atoms with Gasteiger partial charge in [-0.15, -0.1) is 0 Å². The van der Waals surface area contributed by atoms with Gasteiger partial charge >= 0.3 is 0 Å². The summed E-state index contributed by atoms with van der Waals surface area (Å²) in [5.74, 6) is -0.615. The number of sulfone groups is 1. The number of halogens is 1. The van der Waals surface area contributed by atoms with Crippen LogP contribution in [0.4, 0.5) is 4.39 Å². The number of rotatable bonds is 2. The van der Waals surface area contributed by atoms with Crippen LogP contribution in [-0.2, 0) is 9.84 Å². The fourth-order valence-corrected chi connectivity index (χ4v) is 5.40. The number of fused-ring (bicyclic) bond motifs is 1. The van der Waals surface area contributed by atoms with Crippen molar-refractivity contribution >= 4 is 27.2 Å². The second-order valence-corrected chi connectivity index (χ2v) is 8.23. The molecule has 2 aliphatic rings. The van der Waals surface area contributed by atoms with Crippen LogP contribution in [0.1, 0.15) is 5.56 Å². The van der Waals surface area contributed by atoms with E-state index in [1.807, 2.05) is 0 Å². The predicted molar refractivity (Wildman–Crippen MR) is 77.3 cm³/mol. The number of thioether (sulfide) groups is 1. The van der Waals surface area contributed by atoms with Crippen molar-refractivity contribution in [3.63, 3.8) is 0 Å². The van der Waals surface area contributed by atoms with E-state index < -0.39 is 21.8 Å². The van der Waals surface area contributed by atoms with Crippen LogP contribution in [0.25, 0.3) is 5.57 Å². The van der Waals surface area contributed by atoms with Gasteiger partial charge in [0.15, 0.2) is 9.84 Å². The third kappa shape index (κ3) is 2.27. The van der Waals surface area contributed by atoms with E-state index in [1.165, 1.54) is 23.9 Å². The highest BCUT2D eigenvalue weighted by Crippen LogP contribution is 2.50. The highest BCUT2D eigenvalue weighted by atomic mass is 32.3. The summed E-state index contributed by atoms with van der Waals surface area (Å²) in [4.78, 5) is 0. The number of benzene rings is 1. The van der Waals surface area contributed by atoms with Crippen molar-refractivity contribution in [2.75, 3.05) is 6.26 Å². The van der Waals surface area contributed by atoms with Gasteiger partial charge in [-0.25, -0.2) is 23.7 Å². The average Bonchev–Trinajstić information content (AvgIpc) is 2.89. The molecule has 20 heavy (non-hydrogen) atoms. The van der Waals surface area contributed by atoms with E-state index in [2.05, 4.69) is 10.9 Å². The van der Waals surface area contributed by atoms with E-state index in [9.17, 15) is 12.8 Å². The second kappa shape index (κ2) is 4.81. The summed E-state index contributed by atoms with van der Waals surface area (Å²) >= 11 is 1.22. The minimum atomic E-state index is -3.38. The van der Waals surface area contributed by atoms with Crippen molar-refractivity contribution in [2.24, 2.45) is 11.7 Å². The van der Waals surface area contributed by atoms with Crippen LogP contribution in [0.15, 0.2) is 28.5 Å². The molecule has 5 nitrogen and oxygen atoms in total. The lowest BCUT2D eigenvalue weighted by molar-refractivity contribution is 0.539. The lowest BCUT2D eigenvalue weighted by atomic mass is 9.92. The molecule has 1 saturated heterocycles. The predicted octanol–water partition coefficient (Wildman–Crippen LogP) is 0.621. The molecule has 8 heteroatoms. The van der Waals surface area contributed by atoms with Gasteiger partial charge in [0, 0.05) is 12.2 Å². The summed E-state index contributed by atoms with van der Waals surface area (Å²) in [6.45, 7) is 0. The molecular formula is C12H14FN3O2S2. The first-order chi connectivity index (χ1) is 9.38. The molecule has 4 N–H and O–H groups in total. The number of nitrogens with two attached hydrogens (primary N) is 1. The van der Waals surface area contributed by atoms with E-state index in [0.717, 1.165) is 6.26 Å². The van der Waals surface area contributed by atoms with Crippen molar-refractivity contribution in [3.8, 4) is 0 Å². The van der Waals surface area contributed by atoms with Gasteiger partial charge in [0.2, 0.25) is 0 Å². The Kier molecular flexibility index (Phi) is 3.38. The monoisotopic (exact) mass is 315 g/mol. The van der Waals surface area contributed by atoms with Gasteiger partial charge in [-0.05, 0) is 23.3 Å². The van der Waals surface area contributed by atoms with Gasteiger partial charge in [0.25, 0.3) is 0 Å². The molecule has 2 aliphatic heterocycles. The van der Waals surface area contributed by atoms with Gasteiger partial charge < -0.3 is 5.73 Å². The third-order valence-corrected chi connectivity index (χ3v) is 6.55. The normalized spacial score (nSPS) is 29.9. The van der Waals surface area contributed by atoms with E-state index >= 15 is 0 Å². The maximum absolute atomic E-state index is 13.4. The lowest BCUT2D eigenvalue weighted by Crippen LogP contribution is -2.39. The van der Waals surface area contributed by atoms with Gasteiger partial charge in [-0.1, -0.05) is 23.9 Å². The summed E-state index contributed by atoms with van der Waals surface area (Å²) in [5.41, 5.74) is 13.0. The topological polar surface area (TPSA) is 84.2 Å². The second-order valence-electron chi connectivity index (χ2n) is 4.86. The maximum Gasteiger partial charge on any atom is 0.181 e. The third-order valence-electron chi connectivity index (χ3n) is 3.36. The number of nitrogens with one attached hydrogen (secondary N) is 2. The molecule has 0 saturated carbocycles. The Balaban J connectivity index is 2.19. The van der Waals surface area contributed by atoms with Crippen LogP contribution in [0.2, 0.25) is 0 Å². The Bertz CT molecular complexity index is 690. The molecule has 3 rings (SSSR count). The fourth-order valence-electron chi connectivity index (χ4n) is 2.55. The Morgan fingerprint density at radius 1 is 1.35 bits per heavy atom. The van der Waals surface area contributed by atoms with Crippen molar-refractivity contribution in [3.05, 3.63) is 39.9 Å². The van der Waals surface area contributed by atoms with Crippen LogP contribution in [-0.4, -0.2) is 26.2 Å². The maximum atomic E-state index is 13.4. The summed E-state index contributed by atoms with van der Waals surface area (Å²) < 4.78 is 37.7. The molecule has 3 unspecified atom stereocenters. The van der Waals surface area contributed by atoms with Crippen molar-refractivity contribution in [1.29, 1.82) is 0 Å². The molecule has 3 atom stereocenters. The molecule has 0 aliphatic carbocycles. The Morgan fingerprint density at radius 2 is 2.10 bits per heavy atom. The van der Waals surface area contributed by atoms with Crippen molar-refractivity contribution in [2.45, 2.75) is 11.5 Å². The molecule has 0 amide bonds. The SMILES string of the molecule is CS(=O)(=O)C1=C(c2cccc(F)c2)C2C(N)NNC2S1. The molecule has 0 bridgehead atoms. The zero-order valence-electron chi connectivity index (χ0n) is 10.6. The Labute approximate surface area is 120 Å². The summed E-state index contributed by atoms with van der Waals surface area (Å²) in [7, 11) is -3.38. The smallest absolute Gasteiger partial charge is 0.181 e. The minimum Gasteiger partial charge on any atom is -0.314 e. The highest BCUT2D eigenvalue weighted by Gasteiger charge is 2.46. The van der Waals surface area contributed by atoms with Crippen LogP contribution in [0.3, 0.4) is 0 Å². The molecule has 0 spiro atoms. The van der Waals surface area contributed by atoms with Crippen LogP contribution >= 0.6 is 11.8 Å². The molecule has 108 valence electrons. The first-order valence-corrected chi connectivity index (χ1v) is 8.78. The number of hydrogen-bond acceptors (Lipinski definition) is 6. The average molecular weight is 315 g/mol. The van der Waals surface area contributed by atoms with E-state index in [0.29, 0.717) is 11.1 Å². The number of hydrazine groups is 1. The molecule has 1 aromatic carbocycles. The molecule has 1 fully saturated rings. The quantitative estimate of drug-likeness (QED) is 0.742. The molecular weight excluding hydrogens is 301 g/mol. The largest absolute Gasteiger partial charge is 0.314 e. The minimum absolute atomic E-state index is 0.159. The lowest BCUT2D eigenvalue weighted by Gasteiger charge is -2.17. The van der Waals surface area contributed by atoms with Gasteiger partial charge in [-0.3, -0.25) is 0 Å². The van der Waals surface area contributed by atoms with Crippen LogP contribution in [0.5, 0.6) is 0 Å². The number of hydrogen-bond donors (Lipinski definition) is 3. The first kappa shape index (κ1) is 14.0. The zero-order valence-corrected chi connectivity index (χ0v) is 12.3. The summed E-state index contributed by atoms with van der Waals surface area (Å²) in [6.07, 6.45) is 0.749. The van der Waals surface area contributed by atoms with Crippen molar-refractivity contribution < 1.29 is 12.8 Å². The summed E-state index contributed by atoms with van der Waals surface area (Å²) in [6, 6.07) is 5.94. The summed E-state index contributed by atoms with van der Waals surface area (Å²) in [5, 5.41) is -0.159. The standard InChI is InChI=1S/C12H14FN3O2S2/c1-20(17,18)12-8(6-3-2-4-7(13)5-6)9-10(14)15-16-11(9)19-12/h2-5,9-11,15-16H,14H2,1H3. The molecule has 1 aromatic rings.